The molecule has 7 nitrogen and oxygen atoms in total. The number of anilines is 1. The minimum Gasteiger partial charge on any atom is -0.306 e. The Morgan fingerprint density at radius 2 is 1.87 bits per heavy atom. The Bertz CT molecular complexity index is 1220. The van der Waals surface area contributed by atoms with Crippen molar-refractivity contribution in [2.75, 3.05) is 11.6 Å². The summed E-state index contributed by atoms with van der Waals surface area (Å²) in [7, 11) is -3.57. The Hall–Kier alpha value is -2.92. The number of aryl methyl sites for hydroxylation is 1. The van der Waals surface area contributed by atoms with E-state index in [4.69, 9.17) is 11.6 Å². The second kappa shape index (κ2) is 7.73. The number of aromatic nitrogens is 3. The lowest BCUT2D eigenvalue weighted by Crippen LogP contribution is -2.17. The van der Waals surface area contributed by atoms with E-state index in [0.29, 0.717) is 11.9 Å². The molecule has 0 saturated carbocycles. The smallest absolute Gasteiger partial charge is 0.306 e. The lowest BCUT2D eigenvalue weighted by Gasteiger charge is -2.11. The number of hydrogen-bond acceptors (Lipinski definition) is 5. The zero-order valence-corrected chi connectivity index (χ0v) is 17.1. The average molecular weight is 459 g/mol. The van der Waals surface area contributed by atoms with Crippen LogP contribution in [-0.4, -0.2) is 35.3 Å². The van der Waals surface area contributed by atoms with Gasteiger partial charge in [-0.25, -0.2) is 13.4 Å². The fraction of sp³-hybridized carbons (Fsp3) is 0.167. The standard InChI is InChI=1S/C18H14ClF3N4O3S/c1-10-7-16(26(25-10)15-6-3-11(9-23-15)18(20,21)22)24-17(27)13-8-12(30(2,28)29)4-5-14(13)19/h3-9H,1-2H3,(H,24,27). The Morgan fingerprint density at radius 1 is 1.17 bits per heavy atom. The summed E-state index contributed by atoms with van der Waals surface area (Å²) in [5, 5.41) is 6.68. The Labute approximate surface area is 174 Å². The summed E-state index contributed by atoms with van der Waals surface area (Å²) in [6.45, 7) is 1.62. The van der Waals surface area contributed by atoms with Crippen LogP contribution < -0.4 is 5.32 Å². The molecule has 1 N–H and O–H groups in total. The fourth-order valence-corrected chi connectivity index (χ4v) is 3.39. The monoisotopic (exact) mass is 458 g/mol. The molecule has 0 radical (unpaired) electrons. The third-order valence-corrected chi connectivity index (χ3v) is 5.42. The molecule has 0 unspecified atom stereocenters. The number of amides is 1. The van der Waals surface area contributed by atoms with Gasteiger partial charge in [-0.1, -0.05) is 11.6 Å². The zero-order valence-electron chi connectivity index (χ0n) is 15.5. The van der Waals surface area contributed by atoms with Crippen LogP contribution >= 0.6 is 11.6 Å². The summed E-state index contributed by atoms with van der Waals surface area (Å²) in [6, 6.07) is 7.13. The first kappa shape index (κ1) is 21.8. The van der Waals surface area contributed by atoms with Gasteiger partial charge in [-0.05, 0) is 37.3 Å². The van der Waals surface area contributed by atoms with Crippen molar-refractivity contribution in [1.29, 1.82) is 0 Å². The van der Waals surface area contributed by atoms with E-state index in [-0.39, 0.29) is 27.1 Å². The van der Waals surface area contributed by atoms with Crippen molar-refractivity contribution in [3.63, 3.8) is 0 Å². The number of halogens is 4. The third-order valence-electron chi connectivity index (χ3n) is 3.98. The highest BCUT2D eigenvalue weighted by Crippen LogP contribution is 2.29. The topological polar surface area (TPSA) is 94.0 Å². The van der Waals surface area contributed by atoms with Gasteiger partial charge in [0.2, 0.25) is 0 Å². The van der Waals surface area contributed by atoms with Crippen LogP contribution in [0.4, 0.5) is 19.0 Å². The summed E-state index contributed by atoms with van der Waals surface area (Å²) in [4.78, 5) is 16.4. The molecule has 2 heterocycles. The van der Waals surface area contributed by atoms with Gasteiger partial charge in [-0.15, -0.1) is 0 Å². The van der Waals surface area contributed by atoms with E-state index in [1.807, 2.05) is 0 Å². The minimum absolute atomic E-state index is 0.0235. The summed E-state index contributed by atoms with van der Waals surface area (Å²) in [5.74, 6) is -0.563. The van der Waals surface area contributed by atoms with Crippen molar-refractivity contribution in [3.05, 3.63) is 64.4 Å². The van der Waals surface area contributed by atoms with Gasteiger partial charge in [0.25, 0.3) is 5.91 Å². The first-order chi connectivity index (χ1) is 13.9. The van der Waals surface area contributed by atoms with E-state index >= 15 is 0 Å². The van der Waals surface area contributed by atoms with Gasteiger partial charge in [0.1, 0.15) is 5.82 Å². The first-order valence-corrected chi connectivity index (χ1v) is 10.5. The van der Waals surface area contributed by atoms with Crippen LogP contribution in [-0.2, 0) is 16.0 Å². The lowest BCUT2D eigenvalue weighted by molar-refractivity contribution is -0.137. The van der Waals surface area contributed by atoms with Crippen molar-refractivity contribution in [2.45, 2.75) is 18.0 Å². The molecule has 1 amide bonds. The number of pyridine rings is 1. The maximum atomic E-state index is 12.7. The molecular formula is C18H14ClF3N4O3S. The second-order valence-electron chi connectivity index (χ2n) is 6.35. The molecule has 0 saturated heterocycles. The molecular weight excluding hydrogens is 445 g/mol. The van der Waals surface area contributed by atoms with Crippen molar-refractivity contribution >= 4 is 33.2 Å². The number of sulfone groups is 1. The average Bonchev–Trinajstić information content (AvgIpc) is 3.00. The van der Waals surface area contributed by atoms with E-state index in [1.54, 1.807) is 6.92 Å². The summed E-state index contributed by atoms with van der Waals surface area (Å²) in [5.41, 5.74) is -0.557. The largest absolute Gasteiger partial charge is 0.417 e. The first-order valence-electron chi connectivity index (χ1n) is 8.27. The van der Waals surface area contributed by atoms with Gasteiger partial charge in [0.15, 0.2) is 15.7 Å². The highest BCUT2D eigenvalue weighted by Gasteiger charge is 2.31. The number of carbonyl (C=O) groups excluding carboxylic acids is 1. The normalized spacial score (nSPS) is 12.1. The molecule has 1 aromatic carbocycles. The number of nitrogens with zero attached hydrogens (tertiary/aromatic N) is 3. The van der Waals surface area contributed by atoms with Crippen LogP contribution in [0, 0.1) is 6.92 Å². The predicted molar refractivity (Wildman–Crippen MR) is 104 cm³/mol. The van der Waals surface area contributed by atoms with Crippen LogP contribution in [0.25, 0.3) is 5.82 Å². The van der Waals surface area contributed by atoms with Crippen molar-refractivity contribution in [1.82, 2.24) is 14.8 Å². The van der Waals surface area contributed by atoms with Gasteiger partial charge in [0, 0.05) is 18.5 Å². The minimum atomic E-state index is -4.54. The molecule has 3 aromatic rings. The highest BCUT2D eigenvalue weighted by molar-refractivity contribution is 7.90. The van der Waals surface area contributed by atoms with Crippen molar-refractivity contribution in [2.24, 2.45) is 0 Å². The van der Waals surface area contributed by atoms with Crippen LogP contribution in [0.15, 0.2) is 47.5 Å². The van der Waals surface area contributed by atoms with Gasteiger partial charge in [-0.3, -0.25) is 4.79 Å². The predicted octanol–water partition coefficient (Wildman–Crippen LogP) is 3.90. The zero-order chi connectivity index (χ0) is 22.3. The molecule has 0 atom stereocenters. The number of rotatable bonds is 4. The number of nitrogens with one attached hydrogen (secondary N) is 1. The third kappa shape index (κ3) is 4.62. The van der Waals surface area contributed by atoms with Crippen LogP contribution in [0.2, 0.25) is 5.02 Å². The second-order valence-corrected chi connectivity index (χ2v) is 8.78. The highest BCUT2D eigenvalue weighted by atomic mass is 35.5. The molecule has 3 rings (SSSR count). The molecule has 0 bridgehead atoms. The number of benzene rings is 1. The van der Waals surface area contributed by atoms with Gasteiger partial charge in [-0.2, -0.15) is 23.0 Å². The van der Waals surface area contributed by atoms with Gasteiger partial charge in [0.05, 0.1) is 26.7 Å². The number of alkyl halides is 3. The number of carbonyl (C=O) groups is 1. The van der Waals surface area contributed by atoms with E-state index in [2.05, 4.69) is 15.4 Å². The van der Waals surface area contributed by atoms with Gasteiger partial charge < -0.3 is 5.32 Å². The van der Waals surface area contributed by atoms with Gasteiger partial charge >= 0.3 is 6.18 Å². The molecule has 12 heteroatoms. The number of hydrogen-bond donors (Lipinski definition) is 1. The van der Waals surface area contributed by atoms with Crippen LogP contribution in [0.5, 0.6) is 0 Å². The SMILES string of the molecule is Cc1cc(NC(=O)c2cc(S(C)(=O)=O)ccc2Cl)n(-c2ccc(C(F)(F)F)cn2)n1. The molecule has 0 spiro atoms. The summed E-state index contributed by atoms with van der Waals surface area (Å²) >= 11 is 6.03. The molecule has 0 aliphatic heterocycles. The van der Waals surface area contributed by atoms with Crippen LogP contribution in [0.1, 0.15) is 21.6 Å². The molecule has 2 aromatic heterocycles. The maximum Gasteiger partial charge on any atom is 0.417 e. The van der Waals surface area contributed by atoms with E-state index in [1.165, 1.54) is 18.2 Å². The summed E-state index contributed by atoms with van der Waals surface area (Å²) in [6.07, 6.45) is -2.89. The molecule has 0 fully saturated rings. The van der Waals surface area contributed by atoms with Crippen molar-refractivity contribution in [3.8, 4) is 5.82 Å². The quantitative estimate of drug-likeness (QED) is 0.640. The lowest BCUT2D eigenvalue weighted by atomic mass is 10.2. The van der Waals surface area contributed by atoms with Crippen LogP contribution in [0.3, 0.4) is 0 Å². The summed E-state index contributed by atoms with van der Waals surface area (Å²) < 4.78 is 62.9. The van der Waals surface area contributed by atoms with E-state index < -0.39 is 27.5 Å². The Morgan fingerprint density at radius 3 is 2.43 bits per heavy atom. The molecule has 30 heavy (non-hydrogen) atoms. The molecule has 158 valence electrons. The Kier molecular flexibility index (Phi) is 5.61. The van der Waals surface area contributed by atoms with E-state index in [9.17, 15) is 26.4 Å². The fourth-order valence-electron chi connectivity index (χ4n) is 2.53. The maximum absolute atomic E-state index is 12.7. The molecule has 0 aliphatic rings. The van der Waals surface area contributed by atoms with Crippen molar-refractivity contribution < 1.29 is 26.4 Å². The van der Waals surface area contributed by atoms with E-state index in [0.717, 1.165) is 29.1 Å². The Balaban J connectivity index is 1.95. The molecule has 0 aliphatic carbocycles.